The molecule has 0 amide bonds. The normalized spacial score (nSPS) is 16.4. The molecule has 4 aliphatic rings. The number of hydrogen-bond acceptors (Lipinski definition) is 4. The molecule has 324 valence electrons. The molecule has 0 spiro atoms. The summed E-state index contributed by atoms with van der Waals surface area (Å²) in [5.74, 6) is 1.92. The van der Waals surface area contributed by atoms with Crippen LogP contribution in [0.5, 0.6) is 0 Å². The number of anilines is 2. The van der Waals surface area contributed by atoms with Crippen molar-refractivity contribution in [1.82, 2.24) is 15.0 Å². The third kappa shape index (κ3) is 5.66. The Kier molecular flexibility index (Phi) is 8.81. The van der Waals surface area contributed by atoms with Crippen LogP contribution < -0.4 is 4.90 Å². The van der Waals surface area contributed by atoms with Crippen molar-refractivity contribution >= 4 is 22.8 Å². The molecule has 4 nitrogen and oxygen atoms in total. The molecule has 0 fully saturated rings. The molecule has 10 aromatic rings. The number of nitrogens with zero attached hydrogens (tertiary/aromatic N) is 4. The van der Waals surface area contributed by atoms with Crippen LogP contribution in [0.2, 0.25) is 0 Å². The van der Waals surface area contributed by atoms with Gasteiger partial charge in [0.15, 0.2) is 11.6 Å². The number of aromatic nitrogens is 3. The highest BCUT2D eigenvalue weighted by molar-refractivity contribution is 6.03. The first kappa shape index (κ1) is 39.4. The van der Waals surface area contributed by atoms with Crippen LogP contribution in [0.1, 0.15) is 56.5 Å². The van der Waals surface area contributed by atoms with Gasteiger partial charge in [-0.05, 0) is 90.9 Å². The highest BCUT2D eigenvalue weighted by atomic mass is 15.3. The topological polar surface area (TPSA) is 41.9 Å². The van der Waals surface area contributed by atoms with E-state index in [0.29, 0.717) is 17.6 Å². The van der Waals surface area contributed by atoms with Crippen molar-refractivity contribution in [3.8, 4) is 33.9 Å². The van der Waals surface area contributed by atoms with E-state index in [1.807, 2.05) is 12.1 Å². The molecular formula is C65H44N4. The molecule has 14 rings (SSSR count). The molecule has 0 radical (unpaired) electrons. The summed E-state index contributed by atoms with van der Waals surface area (Å²) >= 11 is 0. The first-order valence-electron chi connectivity index (χ1n) is 23.9. The highest BCUT2D eigenvalue weighted by Gasteiger charge is 2.53. The summed E-state index contributed by atoms with van der Waals surface area (Å²) in [5.41, 5.74) is 19.6. The van der Waals surface area contributed by atoms with Crippen LogP contribution in [-0.2, 0) is 10.8 Å². The van der Waals surface area contributed by atoms with Crippen molar-refractivity contribution in [2.45, 2.75) is 23.3 Å². The van der Waals surface area contributed by atoms with Crippen LogP contribution in [0.25, 0.3) is 45.0 Å². The maximum atomic E-state index is 5.48. The minimum absolute atomic E-state index is 0.121. The zero-order valence-electron chi connectivity index (χ0n) is 37.7. The van der Waals surface area contributed by atoms with Crippen LogP contribution in [0.4, 0.5) is 11.6 Å². The average Bonchev–Trinajstić information content (AvgIpc) is 4.02. The van der Waals surface area contributed by atoms with Gasteiger partial charge in [-0.3, -0.25) is 0 Å². The SMILES string of the molecule is C1=C2c3cc4c(cc3N(c3nc(-c5ccccc5)nc(-c5ccccc5)n3)C2CC2=C1C(c1ccccc1)(c1ccccc1)c1ccccc12)-c1ccccc1C4(c1ccccc1)c1ccccc1. The Balaban J connectivity index is 1.09. The van der Waals surface area contributed by atoms with Gasteiger partial charge in [0.25, 0.3) is 0 Å². The summed E-state index contributed by atoms with van der Waals surface area (Å²) in [4.78, 5) is 18.6. The van der Waals surface area contributed by atoms with Crippen LogP contribution in [-0.4, -0.2) is 21.0 Å². The Labute approximate surface area is 402 Å². The summed E-state index contributed by atoms with van der Waals surface area (Å²) in [7, 11) is 0. The third-order valence-electron chi connectivity index (χ3n) is 15.2. The number of hydrogen-bond donors (Lipinski definition) is 0. The van der Waals surface area contributed by atoms with Gasteiger partial charge in [0.2, 0.25) is 5.95 Å². The van der Waals surface area contributed by atoms with Gasteiger partial charge in [-0.2, -0.15) is 9.97 Å². The van der Waals surface area contributed by atoms with Crippen LogP contribution in [0, 0.1) is 0 Å². The third-order valence-corrected chi connectivity index (χ3v) is 15.2. The molecule has 0 bridgehead atoms. The van der Waals surface area contributed by atoms with Gasteiger partial charge in [-0.15, -0.1) is 0 Å². The molecule has 69 heavy (non-hydrogen) atoms. The average molecular weight is 881 g/mol. The molecule has 4 heteroatoms. The molecule has 1 atom stereocenters. The van der Waals surface area contributed by atoms with E-state index < -0.39 is 10.8 Å². The predicted molar refractivity (Wildman–Crippen MR) is 279 cm³/mol. The van der Waals surface area contributed by atoms with E-state index in [-0.39, 0.29) is 6.04 Å². The van der Waals surface area contributed by atoms with Gasteiger partial charge in [0.05, 0.1) is 22.6 Å². The monoisotopic (exact) mass is 880 g/mol. The van der Waals surface area contributed by atoms with Gasteiger partial charge in [0, 0.05) is 16.7 Å². The van der Waals surface area contributed by atoms with E-state index in [9.17, 15) is 0 Å². The van der Waals surface area contributed by atoms with Gasteiger partial charge in [0.1, 0.15) is 0 Å². The fourth-order valence-electron chi connectivity index (χ4n) is 12.4. The van der Waals surface area contributed by atoms with Crippen LogP contribution in [0.15, 0.2) is 254 Å². The molecule has 1 aromatic heterocycles. The second-order valence-electron chi connectivity index (χ2n) is 18.6. The molecule has 0 saturated heterocycles. The Bertz CT molecular complexity index is 3540. The predicted octanol–water partition coefficient (Wildman–Crippen LogP) is 14.7. The Morgan fingerprint density at radius 1 is 0.377 bits per heavy atom. The molecule has 0 N–H and O–H groups in total. The highest BCUT2D eigenvalue weighted by Crippen LogP contribution is 2.64. The Hall–Kier alpha value is -8.73. The number of allylic oxidation sites excluding steroid dienone is 2. The lowest BCUT2D eigenvalue weighted by Crippen LogP contribution is -2.33. The maximum absolute atomic E-state index is 5.48. The van der Waals surface area contributed by atoms with Crippen molar-refractivity contribution in [2.75, 3.05) is 4.90 Å². The minimum atomic E-state index is -0.568. The Morgan fingerprint density at radius 2 is 0.812 bits per heavy atom. The van der Waals surface area contributed by atoms with Gasteiger partial charge < -0.3 is 4.90 Å². The molecular weight excluding hydrogens is 837 g/mol. The summed E-state index contributed by atoms with van der Waals surface area (Å²) in [6.07, 6.45) is 3.33. The molecule has 9 aromatic carbocycles. The summed E-state index contributed by atoms with van der Waals surface area (Å²) < 4.78 is 0. The van der Waals surface area contributed by atoms with E-state index in [2.05, 4.69) is 241 Å². The largest absolute Gasteiger partial charge is 0.302 e. The molecule has 1 aliphatic heterocycles. The van der Waals surface area contributed by atoms with Gasteiger partial charge in [-0.25, -0.2) is 4.98 Å². The summed E-state index contributed by atoms with van der Waals surface area (Å²) in [5, 5.41) is 0. The van der Waals surface area contributed by atoms with Crippen molar-refractivity contribution in [3.63, 3.8) is 0 Å². The van der Waals surface area contributed by atoms with E-state index in [1.54, 1.807) is 0 Å². The minimum Gasteiger partial charge on any atom is -0.302 e. The number of benzene rings is 9. The van der Waals surface area contributed by atoms with E-state index in [4.69, 9.17) is 15.0 Å². The lowest BCUT2D eigenvalue weighted by molar-refractivity contribution is 0.748. The lowest BCUT2D eigenvalue weighted by atomic mass is 9.65. The van der Waals surface area contributed by atoms with E-state index in [1.165, 1.54) is 77.9 Å². The van der Waals surface area contributed by atoms with Crippen molar-refractivity contribution in [1.29, 1.82) is 0 Å². The van der Waals surface area contributed by atoms with E-state index in [0.717, 1.165) is 23.2 Å². The zero-order valence-corrected chi connectivity index (χ0v) is 37.7. The first-order valence-corrected chi connectivity index (χ1v) is 23.9. The molecule has 3 aliphatic carbocycles. The molecule has 2 heterocycles. The van der Waals surface area contributed by atoms with Gasteiger partial charge in [-0.1, -0.05) is 237 Å². The number of rotatable bonds is 7. The van der Waals surface area contributed by atoms with Crippen molar-refractivity contribution in [3.05, 3.63) is 304 Å². The molecule has 1 unspecified atom stereocenters. The number of fused-ring (bicyclic) bond motifs is 8. The Morgan fingerprint density at radius 3 is 1.33 bits per heavy atom. The maximum Gasteiger partial charge on any atom is 0.234 e. The second-order valence-corrected chi connectivity index (χ2v) is 18.6. The van der Waals surface area contributed by atoms with Crippen LogP contribution >= 0.6 is 0 Å². The quantitative estimate of drug-likeness (QED) is 0.160. The van der Waals surface area contributed by atoms with Crippen molar-refractivity contribution < 1.29 is 0 Å². The molecule has 0 saturated carbocycles. The lowest BCUT2D eigenvalue weighted by Gasteiger charge is -2.37. The fraction of sp³-hybridized carbons (Fsp3) is 0.0615. The van der Waals surface area contributed by atoms with E-state index >= 15 is 0 Å². The zero-order chi connectivity index (χ0) is 45.5. The van der Waals surface area contributed by atoms with Crippen LogP contribution in [0.3, 0.4) is 0 Å². The second kappa shape index (κ2) is 15.4. The van der Waals surface area contributed by atoms with Gasteiger partial charge >= 0.3 is 0 Å². The standard InChI is InChI=1S/C65H44N4/c1-7-23-43(24-8-1)61-66-62(44-25-9-2-10-26-44)68-63(67-61)69-59-41-51-49-35-19-21-37-55(49)64(45-27-11-3-12-28-45,46-29-13-4-14-30-46)57(51)39-53(59)54-40-58-52(42-60(54)69)50-36-20-22-38-56(50)65(58,47-31-15-5-16-32-47)48-33-17-6-18-34-48/h1-41,60H,42H2. The summed E-state index contributed by atoms with van der Waals surface area (Å²) in [6, 6.07) is 88.2. The van der Waals surface area contributed by atoms with Crippen molar-refractivity contribution in [2.24, 2.45) is 0 Å². The summed E-state index contributed by atoms with van der Waals surface area (Å²) in [6.45, 7) is 0. The smallest absolute Gasteiger partial charge is 0.234 e. The first-order chi connectivity index (χ1) is 34.2. The fourth-order valence-corrected chi connectivity index (χ4v) is 12.4.